The maximum Gasteiger partial charge on any atom is 0.257 e. The number of nitrogens with two attached hydrogens (primary N) is 1. The first-order chi connectivity index (χ1) is 9.13. The zero-order chi connectivity index (χ0) is 13.8. The van der Waals surface area contributed by atoms with Gasteiger partial charge in [0.05, 0.1) is 5.56 Å². The summed E-state index contributed by atoms with van der Waals surface area (Å²) in [7, 11) is 0. The lowest BCUT2D eigenvalue weighted by Crippen LogP contribution is -2.49. The lowest BCUT2D eigenvalue weighted by atomic mass is 10.1. The molecule has 0 bridgehead atoms. The number of aromatic hydroxyl groups is 2. The van der Waals surface area contributed by atoms with Crippen molar-refractivity contribution in [3.63, 3.8) is 0 Å². The Morgan fingerprint density at radius 2 is 1.89 bits per heavy atom. The quantitative estimate of drug-likeness (QED) is 0.659. The third-order valence-electron chi connectivity index (χ3n) is 3.35. The van der Waals surface area contributed by atoms with E-state index < -0.39 is 0 Å². The van der Waals surface area contributed by atoms with Crippen LogP contribution in [0.25, 0.3) is 0 Å². The van der Waals surface area contributed by atoms with Crippen LogP contribution < -0.4 is 5.73 Å². The van der Waals surface area contributed by atoms with Gasteiger partial charge in [0.15, 0.2) is 11.5 Å². The molecule has 0 radical (unpaired) electrons. The van der Waals surface area contributed by atoms with Crippen molar-refractivity contribution in [2.24, 2.45) is 5.73 Å². The van der Waals surface area contributed by atoms with Gasteiger partial charge in [0.1, 0.15) is 0 Å². The second-order valence-corrected chi connectivity index (χ2v) is 4.60. The van der Waals surface area contributed by atoms with E-state index in [2.05, 4.69) is 4.90 Å². The number of benzene rings is 1. The third kappa shape index (κ3) is 2.97. The van der Waals surface area contributed by atoms with Crippen molar-refractivity contribution in [1.29, 1.82) is 0 Å². The van der Waals surface area contributed by atoms with E-state index in [0.29, 0.717) is 19.6 Å². The second-order valence-electron chi connectivity index (χ2n) is 4.60. The molecule has 0 aliphatic carbocycles. The molecule has 6 heteroatoms. The normalized spacial score (nSPS) is 16.6. The van der Waals surface area contributed by atoms with Gasteiger partial charge in [0.2, 0.25) is 0 Å². The fraction of sp³-hybridized carbons (Fsp3) is 0.462. The highest BCUT2D eigenvalue weighted by Gasteiger charge is 2.24. The molecular weight excluding hydrogens is 246 g/mol. The molecule has 0 spiro atoms. The molecule has 1 saturated heterocycles. The molecule has 104 valence electrons. The summed E-state index contributed by atoms with van der Waals surface area (Å²) >= 11 is 0. The molecular formula is C13H19N3O3. The van der Waals surface area contributed by atoms with Gasteiger partial charge >= 0.3 is 0 Å². The van der Waals surface area contributed by atoms with Crippen molar-refractivity contribution in [3.05, 3.63) is 23.8 Å². The Morgan fingerprint density at radius 3 is 2.53 bits per heavy atom. The molecule has 1 heterocycles. The Hall–Kier alpha value is -1.79. The van der Waals surface area contributed by atoms with Crippen LogP contribution in [0.15, 0.2) is 18.2 Å². The molecule has 1 aromatic rings. The van der Waals surface area contributed by atoms with Gasteiger partial charge in [0, 0.05) is 39.3 Å². The van der Waals surface area contributed by atoms with Crippen LogP contribution >= 0.6 is 0 Å². The van der Waals surface area contributed by atoms with Crippen LogP contribution in [0, 0.1) is 0 Å². The van der Waals surface area contributed by atoms with E-state index in [1.807, 2.05) is 0 Å². The number of phenols is 2. The van der Waals surface area contributed by atoms with Crippen LogP contribution in [-0.4, -0.2) is 65.2 Å². The van der Waals surface area contributed by atoms with Crippen LogP contribution in [0.3, 0.4) is 0 Å². The smallest absolute Gasteiger partial charge is 0.257 e. The summed E-state index contributed by atoms with van der Waals surface area (Å²) in [4.78, 5) is 16.1. The SMILES string of the molecule is NCCN1CCN(C(=O)c2cccc(O)c2O)CC1. The summed E-state index contributed by atoms with van der Waals surface area (Å²) < 4.78 is 0. The summed E-state index contributed by atoms with van der Waals surface area (Å²) in [5, 5.41) is 19.1. The van der Waals surface area contributed by atoms with Gasteiger partial charge in [-0.2, -0.15) is 0 Å². The number of rotatable bonds is 3. The average Bonchev–Trinajstić information content (AvgIpc) is 2.42. The van der Waals surface area contributed by atoms with Gasteiger partial charge in [-0.3, -0.25) is 9.69 Å². The van der Waals surface area contributed by atoms with Crippen LogP contribution in [0.4, 0.5) is 0 Å². The lowest BCUT2D eigenvalue weighted by molar-refractivity contribution is 0.0637. The maximum absolute atomic E-state index is 12.2. The van der Waals surface area contributed by atoms with Gasteiger partial charge in [0.25, 0.3) is 5.91 Å². The minimum Gasteiger partial charge on any atom is -0.504 e. The van der Waals surface area contributed by atoms with Crippen molar-refractivity contribution in [2.45, 2.75) is 0 Å². The van der Waals surface area contributed by atoms with Crippen molar-refractivity contribution >= 4 is 5.91 Å². The predicted molar refractivity (Wildman–Crippen MR) is 71.2 cm³/mol. The summed E-state index contributed by atoms with van der Waals surface area (Å²) in [6, 6.07) is 4.42. The van der Waals surface area contributed by atoms with E-state index in [4.69, 9.17) is 5.73 Å². The summed E-state index contributed by atoms with van der Waals surface area (Å²) in [5.41, 5.74) is 5.64. The first-order valence-corrected chi connectivity index (χ1v) is 6.36. The summed E-state index contributed by atoms with van der Waals surface area (Å²) in [6.45, 7) is 4.22. The molecule has 4 N–H and O–H groups in total. The van der Waals surface area contributed by atoms with E-state index in [9.17, 15) is 15.0 Å². The van der Waals surface area contributed by atoms with Gasteiger partial charge < -0.3 is 20.8 Å². The summed E-state index contributed by atoms with van der Waals surface area (Å²) in [6.07, 6.45) is 0. The number of hydrogen-bond acceptors (Lipinski definition) is 5. The molecule has 1 aliphatic rings. The molecule has 1 amide bonds. The first-order valence-electron chi connectivity index (χ1n) is 6.36. The van der Waals surface area contributed by atoms with Crippen molar-refractivity contribution in [2.75, 3.05) is 39.3 Å². The second kappa shape index (κ2) is 5.90. The average molecular weight is 265 g/mol. The van der Waals surface area contributed by atoms with Gasteiger partial charge in [-0.25, -0.2) is 0 Å². The van der Waals surface area contributed by atoms with Crippen LogP contribution in [-0.2, 0) is 0 Å². The molecule has 1 aromatic carbocycles. The number of piperazine rings is 1. The highest BCUT2D eigenvalue weighted by molar-refractivity contribution is 5.97. The van der Waals surface area contributed by atoms with Crippen LogP contribution in [0.5, 0.6) is 11.5 Å². The van der Waals surface area contributed by atoms with Gasteiger partial charge in [-0.15, -0.1) is 0 Å². The maximum atomic E-state index is 12.2. The molecule has 1 aliphatic heterocycles. The Balaban J connectivity index is 2.03. The first kappa shape index (κ1) is 13.6. The van der Waals surface area contributed by atoms with Crippen molar-refractivity contribution in [3.8, 4) is 11.5 Å². The number of nitrogens with zero attached hydrogens (tertiary/aromatic N) is 2. The summed E-state index contributed by atoms with van der Waals surface area (Å²) in [5.74, 6) is -0.870. The van der Waals surface area contributed by atoms with Crippen molar-refractivity contribution in [1.82, 2.24) is 9.80 Å². The van der Waals surface area contributed by atoms with Crippen molar-refractivity contribution < 1.29 is 15.0 Å². The number of para-hydroxylation sites is 1. The molecule has 0 saturated carbocycles. The van der Waals surface area contributed by atoms with Gasteiger partial charge in [-0.1, -0.05) is 6.07 Å². The molecule has 1 fully saturated rings. The molecule has 2 rings (SSSR count). The van der Waals surface area contributed by atoms with E-state index in [1.165, 1.54) is 12.1 Å². The molecule has 19 heavy (non-hydrogen) atoms. The predicted octanol–water partition coefficient (Wildman–Crippen LogP) is -0.186. The van der Waals surface area contributed by atoms with Crippen LogP contribution in [0.2, 0.25) is 0 Å². The number of amides is 1. The minimum atomic E-state index is -0.350. The Kier molecular flexibility index (Phi) is 4.24. The van der Waals surface area contributed by atoms with E-state index in [1.54, 1.807) is 11.0 Å². The van der Waals surface area contributed by atoms with E-state index >= 15 is 0 Å². The zero-order valence-corrected chi connectivity index (χ0v) is 10.7. The minimum absolute atomic E-state index is 0.146. The monoisotopic (exact) mass is 265 g/mol. The van der Waals surface area contributed by atoms with E-state index in [0.717, 1.165) is 19.6 Å². The fourth-order valence-electron chi connectivity index (χ4n) is 2.23. The standard InChI is InChI=1S/C13H19N3O3/c14-4-5-15-6-8-16(9-7-15)13(19)10-2-1-3-11(17)12(10)18/h1-3,17-18H,4-9,14H2. The van der Waals surface area contributed by atoms with E-state index in [-0.39, 0.29) is 23.0 Å². The Bertz CT molecular complexity index is 456. The number of hydrogen-bond donors (Lipinski definition) is 3. The topological polar surface area (TPSA) is 90.0 Å². The van der Waals surface area contributed by atoms with Gasteiger partial charge in [-0.05, 0) is 12.1 Å². The largest absolute Gasteiger partial charge is 0.504 e. The molecule has 0 atom stereocenters. The highest BCUT2D eigenvalue weighted by Crippen LogP contribution is 2.29. The third-order valence-corrected chi connectivity index (χ3v) is 3.35. The molecule has 0 aromatic heterocycles. The Morgan fingerprint density at radius 1 is 1.21 bits per heavy atom. The lowest BCUT2D eigenvalue weighted by Gasteiger charge is -2.34. The molecule has 0 unspecified atom stereocenters. The fourth-order valence-corrected chi connectivity index (χ4v) is 2.23. The molecule has 6 nitrogen and oxygen atoms in total. The number of carbonyl (C=O) groups excluding carboxylic acids is 1. The van der Waals surface area contributed by atoms with Crippen LogP contribution in [0.1, 0.15) is 10.4 Å². The Labute approximate surface area is 112 Å². The number of phenolic OH excluding ortho intramolecular Hbond substituents is 2. The zero-order valence-electron chi connectivity index (χ0n) is 10.7. The number of carbonyl (C=O) groups is 1. The highest BCUT2D eigenvalue weighted by atomic mass is 16.3.